The van der Waals surface area contributed by atoms with Crippen LogP contribution in [0.25, 0.3) is 16.8 Å². The Labute approximate surface area is 144 Å². The van der Waals surface area contributed by atoms with Gasteiger partial charge in [-0.25, -0.2) is 9.18 Å². The fraction of sp³-hybridized carbons (Fsp3) is 0.0625. The van der Waals surface area contributed by atoms with Gasteiger partial charge in [0, 0.05) is 25.0 Å². The highest BCUT2D eigenvalue weighted by molar-refractivity contribution is 9.10. The first-order chi connectivity index (χ1) is 10.9. The van der Waals surface area contributed by atoms with E-state index in [1.54, 1.807) is 37.6 Å². The predicted octanol–water partition coefficient (Wildman–Crippen LogP) is 4.10. The van der Waals surface area contributed by atoms with Gasteiger partial charge in [0.1, 0.15) is 11.6 Å². The topological polar surface area (TPSA) is 47.2 Å². The van der Waals surface area contributed by atoms with Gasteiger partial charge in [-0.2, -0.15) is 0 Å². The molecule has 0 radical (unpaired) electrons. The number of halogens is 3. The van der Waals surface area contributed by atoms with Crippen LogP contribution in [-0.2, 0) is 7.05 Å². The lowest BCUT2D eigenvalue weighted by molar-refractivity contribution is 0.471. The summed E-state index contributed by atoms with van der Waals surface area (Å²) >= 11 is 9.38. The molecule has 0 aliphatic heterocycles. The zero-order valence-electron chi connectivity index (χ0n) is 11.9. The highest BCUT2D eigenvalue weighted by Gasteiger charge is 2.13. The largest absolute Gasteiger partial charge is 0.506 e. The summed E-state index contributed by atoms with van der Waals surface area (Å²) in [4.78, 5) is 12.0. The van der Waals surface area contributed by atoms with E-state index < -0.39 is 5.82 Å². The van der Waals surface area contributed by atoms with Crippen LogP contribution in [0.4, 0.5) is 4.39 Å². The molecule has 0 aliphatic rings. The molecule has 23 heavy (non-hydrogen) atoms. The molecule has 0 bridgehead atoms. The summed E-state index contributed by atoms with van der Waals surface area (Å²) in [6.45, 7) is 0. The summed E-state index contributed by atoms with van der Waals surface area (Å²) in [7, 11) is 1.64. The Morgan fingerprint density at radius 1 is 1.22 bits per heavy atom. The third-order valence-electron chi connectivity index (χ3n) is 3.49. The summed E-state index contributed by atoms with van der Waals surface area (Å²) in [6.07, 6.45) is 3.24. The summed E-state index contributed by atoms with van der Waals surface area (Å²) < 4.78 is 16.7. The minimum Gasteiger partial charge on any atom is -0.506 e. The quantitative estimate of drug-likeness (QED) is 0.707. The molecule has 0 saturated heterocycles. The Balaban J connectivity index is 2.14. The van der Waals surface area contributed by atoms with E-state index in [1.807, 2.05) is 0 Å². The SMILES string of the molecule is Cn1ccn(-c2ccc(-c3cc(F)cc(Br)c3O)cc2Cl)c1=O. The van der Waals surface area contributed by atoms with E-state index in [-0.39, 0.29) is 15.9 Å². The Hall–Kier alpha value is -2.05. The van der Waals surface area contributed by atoms with Gasteiger partial charge in [0.2, 0.25) is 0 Å². The standard InChI is InChI=1S/C16H11BrClFN2O2/c1-20-4-5-21(16(20)23)14-3-2-9(6-13(14)18)11-7-10(19)8-12(17)15(11)22/h2-8,22H,1H3. The normalized spacial score (nSPS) is 11.0. The maximum absolute atomic E-state index is 13.6. The molecule has 0 atom stereocenters. The maximum atomic E-state index is 13.6. The van der Waals surface area contributed by atoms with Crippen LogP contribution in [0.2, 0.25) is 5.02 Å². The molecule has 1 aromatic heterocycles. The zero-order valence-corrected chi connectivity index (χ0v) is 14.3. The second-order valence-corrected chi connectivity index (χ2v) is 6.27. The molecule has 0 aliphatic carbocycles. The first-order valence-corrected chi connectivity index (χ1v) is 7.78. The van der Waals surface area contributed by atoms with Crippen LogP contribution in [0.15, 0.2) is 52.0 Å². The molecule has 2 aromatic carbocycles. The average Bonchev–Trinajstić information content (AvgIpc) is 2.83. The van der Waals surface area contributed by atoms with Gasteiger partial charge in [0.15, 0.2) is 0 Å². The molecule has 0 saturated carbocycles. The number of hydrogen-bond acceptors (Lipinski definition) is 2. The van der Waals surface area contributed by atoms with E-state index in [9.17, 15) is 14.3 Å². The minimum absolute atomic E-state index is 0.0768. The second-order valence-electron chi connectivity index (χ2n) is 5.01. The third-order valence-corrected chi connectivity index (χ3v) is 4.40. The van der Waals surface area contributed by atoms with Crippen molar-refractivity contribution in [1.29, 1.82) is 0 Å². The number of nitrogens with zero attached hydrogens (tertiary/aromatic N) is 2. The van der Waals surface area contributed by atoms with Crippen molar-refractivity contribution in [3.05, 3.63) is 68.5 Å². The fourth-order valence-corrected chi connectivity index (χ4v) is 3.01. The Bertz CT molecular complexity index is 965. The van der Waals surface area contributed by atoms with Gasteiger partial charge < -0.3 is 9.67 Å². The van der Waals surface area contributed by atoms with Gasteiger partial charge >= 0.3 is 5.69 Å². The van der Waals surface area contributed by atoms with Crippen LogP contribution >= 0.6 is 27.5 Å². The molecular weight excluding hydrogens is 387 g/mol. The van der Waals surface area contributed by atoms with Crippen molar-refractivity contribution in [3.8, 4) is 22.6 Å². The van der Waals surface area contributed by atoms with Crippen molar-refractivity contribution < 1.29 is 9.50 Å². The average molecular weight is 398 g/mol. The van der Waals surface area contributed by atoms with E-state index in [0.29, 0.717) is 21.8 Å². The zero-order chi connectivity index (χ0) is 16.7. The van der Waals surface area contributed by atoms with Gasteiger partial charge in [-0.1, -0.05) is 17.7 Å². The van der Waals surface area contributed by atoms with Crippen molar-refractivity contribution in [2.75, 3.05) is 0 Å². The van der Waals surface area contributed by atoms with Gasteiger partial charge in [-0.15, -0.1) is 0 Å². The maximum Gasteiger partial charge on any atom is 0.332 e. The number of benzene rings is 2. The summed E-state index contributed by atoms with van der Waals surface area (Å²) in [5.41, 5.74) is 1.14. The van der Waals surface area contributed by atoms with E-state index in [1.165, 1.54) is 21.3 Å². The number of imidazole rings is 1. The van der Waals surface area contributed by atoms with Crippen molar-refractivity contribution >= 4 is 27.5 Å². The van der Waals surface area contributed by atoms with Crippen molar-refractivity contribution in [3.63, 3.8) is 0 Å². The number of aromatic hydroxyl groups is 1. The second kappa shape index (κ2) is 5.86. The van der Waals surface area contributed by atoms with Crippen LogP contribution < -0.4 is 5.69 Å². The monoisotopic (exact) mass is 396 g/mol. The van der Waals surface area contributed by atoms with Crippen LogP contribution in [0.3, 0.4) is 0 Å². The molecule has 1 N–H and O–H groups in total. The number of phenols is 1. The van der Waals surface area contributed by atoms with Gasteiger partial charge in [-0.05, 0) is 45.8 Å². The van der Waals surface area contributed by atoms with Crippen LogP contribution in [0.1, 0.15) is 0 Å². The lowest BCUT2D eigenvalue weighted by Crippen LogP contribution is -2.20. The molecule has 0 amide bonds. The highest BCUT2D eigenvalue weighted by atomic mass is 79.9. The molecule has 3 aromatic rings. The molecule has 118 valence electrons. The Morgan fingerprint density at radius 3 is 2.57 bits per heavy atom. The van der Waals surface area contributed by atoms with E-state index in [2.05, 4.69) is 15.9 Å². The minimum atomic E-state index is -0.482. The van der Waals surface area contributed by atoms with Crippen LogP contribution in [0.5, 0.6) is 5.75 Å². The molecule has 0 spiro atoms. The number of aromatic nitrogens is 2. The predicted molar refractivity (Wildman–Crippen MR) is 90.8 cm³/mol. The van der Waals surface area contributed by atoms with Gasteiger partial charge in [0.25, 0.3) is 0 Å². The molecule has 1 heterocycles. The Morgan fingerprint density at radius 2 is 1.96 bits per heavy atom. The first kappa shape index (κ1) is 15.8. The lowest BCUT2D eigenvalue weighted by atomic mass is 10.0. The fourth-order valence-electron chi connectivity index (χ4n) is 2.30. The number of aryl methyl sites for hydroxylation is 1. The van der Waals surface area contributed by atoms with E-state index in [4.69, 9.17) is 11.6 Å². The van der Waals surface area contributed by atoms with Crippen molar-refractivity contribution in [2.24, 2.45) is 7.05 Å². The lowest BCUT2D eigenvalue weighted by Gasteiger charge is -2.10. The molecule has 0 fully saturated rings. The summed E-state index contributed by atoms with van der Waals surface area (Å²) in [5.74, 6) is -0.559. The van der Waals surface area contributed by atoms with E-state index >= 15 is 0 Å². The van der Waals surface area contributed by atoms with Gasteiger partial charge in [0.05, 0.1) is 15.2 Å². The summed E-state index contributed by atoms with van der Waals surface area (Å²) in [6, 6.07) is 7.30. The number of hydrogen-bond donors (Lipinski definition) is 1. The molecular formula is C16H11BrClFN2O2. The molecule has 3 rings (SSSR count). The molecule has 0 unspecified atom stereocenters. The number of phenolic OH excluding ortho intramolecular Hbond substituents is 1. The Kier molecular flexibility index (Phi) is 4.04. The summed E-state index contributed by atoms with van der Waals surface area (Å²) in [5, 5.41) is 10.4. The van der Waals surface area contributed by atoms with Crippen molar-refractivity contribution in [2.45, 2.75) is 0 Å². The van der Waals surface area contributed by atoms with Crippen LogP contribution in [-0.4, -0.2) is 14.2 Å². The molecule has 4 nitrogen and oxygen atoms in total. The number of rotatable bonds is 2. The van der Waals surface area contributed by atoms with Crippen LogP contribution in [0, 0.1) is 5.82 Å². The highest BCUT2D eigenvalue weighted by Crippen LogP contribution is 2.38. The van der Waals surface area contributed by atoms with E-state index in [0.717, 1.165) is 0 Å². The smallest absolute Gasteiger partial charge is 0.332 e. The third kappa shape index (κ3) is 2.80. The van der Waals surface area contributed by atoms with Gasteiger partial charge in [-0.3, -0.25) is 4.57 Å². The first-order valence-electron chi connectivity index (χ1n) is 6.61. The van der Waals surface area contributed by atoms with Crippen molar-refractivity contribution in [1.82, 2.24) is 9.13 Å². The molecule has 7 heteroatoms.